The standard InChI is InChI=1S/C15H24N2O2.ClH/c1-3-4-5-10-19-14-8-6-13(7-9-14)15(18)17-12(2)11-16;/h6-9,12H,3-5,10-11,16H2,1-2H3,(H,17,18);1H/t12-;/m0./s1. The van der Waals surface area contributed by atoms with Gasteiger partial charge in [-0.25, -0.2) is 0 Å². The Hall–Kier alpha value is -1.26. The predicted molar refractivity (Wildman–Crippen MR) is 84.7 cm³/mol. The lowest BCUT2D eigenvalue weighted by Gasteiger charge is -2.11. The van der Waals surface area contributed by atoms with Gasteiger partial charge in [0, 0.05) is 18.2 Å². The zero-order valence-electron chi connectivity index (χ0n) is 12.2. The number of hydrogen-bond acceptors (Lipinski definition) is 3. The molecular weight excluding hydrogens is 276 g/mol. The van der Waals surface area contributed by atoms with E-state index in [9.17, 15) is 4.79 Å². The quantitative estimate of drug-likeness (QED) is 0.726. The third-order valence-electron chi connectivity index (χ3n) is 2.86. The first kappa shape index (κ1) is 18.7. The molecule has 5 heteroatoms. The molecule has 4 nitrogen and oxygen atoms in total. The van der Waals surface area contributed by atoms with Crippen LogP contribution in [-0.2, 0) is 0 Å². The first-order valence-corrected chi connectivity index (χ1v) is 6.91. The molecular formula is C15H25ClN2O2. The Morgan fingerprint density at radius 1 is 1.30 bits per heavy atom. The minimum Gasteiger partial charge on any atom is -0.494 e. The average molecular weight is 301 g/mol. The van der Waals surface area contributed by atoms with E-state index in [0.717, 1.165) is 18.8 Å². The molecule has 1 amide bonds. The van der Waals surface area contributed by atoms with E-state index < -0.39 is 0 Å². The summed E-state index contributed by atoms with van der Waals surface area (Å²) in [6, 6.07) is 7.18. The Bertz CT molecular complexity index is 382. The summed E-state index contributed by atoms with van der Waals surface area (Å²) in [5.41, 5.74) is 6.09. The van der Waals surface area contributed by atoms with Crippen molar-refractivity contribution in [3.8, 4) is 5.75 Å². The summed E-state index contributed by atoms with van der Waals surface area (Å²) in [4.78, 5) is 11.8. The van der Waals surface area contributed by atoms with Crippen LogP contribution in [0.4, 0.5) is 0 Å². The molecule has 0 radical (unpaired) electrons. The van der Waals surface area contributed by atoms with Crippen LogP contribution in [0.5, 0.6) is 5.75 Å². The van der Waals surface area contributed by atoms with Crippen LogP contribution < -0.4 is 15.8 Å². The topological polar surface area (TPSA) is 64.3 Å². The van der Waals surface area contributed by atoms with Crippen LogP contribution >= 0.6 is 12.4 Å². The molecule has 3 N–H and O–H groups in total. The normalized spacial score (nSPS) is 11.3. The second-order valence-electron chi connectivity index (χ2n) is 4.69. The first-order chi connectivity index (χ1) is 9.17. The van der Waals surface area contributed by atoms with Gasteiger partial charge in [0.25, 0.3) is 5.91 Å². The number of carbonyl (C=O) groups excluding carboxylic acids is 1. The van der Waals surface area contributed by atoms with Gasteiger partial charge in [-0.15, -0.1) is 12.4 Å². The summed E-state index contributed by atoms with van der Waals surface area (Å²) < 4.78 is 5.59. The zero-order chi connectivity index (χ0) is 14.1. The number of amides is 1. The number of rotatable bonds is 8. The van der Waals surface area contributed by atoms with Crippen molar-refractivity contribution in [1.29, 1.82) is 0 Å². The third kappa shape index (κ3) is 6.78. The number of nitrogens with one attached hydrogen (secondary N) is 1. The molecule has 20 heavy (non-hydrogen) atoms. The van der Waals surface area contributed by atoms with Crippen LogP contribution in [0.25, 0.3) is 0 Å². The second-order valence-corrected chi connectivity index (χ2v) is 4.69. The van der Waals surface area contributed by atoms with Gasteiger partial charge in [-0.3, -0.25) is 4.79 Å². The van der Waals surface area contributed by atoms with Crippen molar-refractivity contribution < 1.29 is 9.53 Å². The third-order valence-corrected chi connectivity index (χ3v) is 2.86. The highest BCUT2D eigenvalue weighted by Gasteiger charge is 2.08. The van der Waals surface area contributed by atoms with Gasteiger partial charge >= 0.3 is 0 Å². The maximum absolute atomic E-state index is 11.8. The Morgan fingerprint density at radius 2 is 1.95 bits per heavy atom. The van der Waals surface area contributed by atoms with Crippen molar-refractivity contribution in [2.24, 2.45) is 5.73 Å². The highest BCUT2D eigenvalue weighted by atomic mass is 35.5. The number of unbranched alkanes of at least 4 members (excludes halogenated alkanes) is 2. The number of halogens is 1. The Labute approximate surface area is 127 Å². The van der Waals surface area contributed by atoms with Crippen molar-refractivity contribution in [1.82, 2.24) is 5.32 Å². The summed E-state index contributed by atoms with van der Waals surface area (Å²) in [6.45, 7) is 5.20. The molecule has 0 spiro atoms. The van der Waals surface area contributed by atoms with Crippen molar-refractivity contribution in [2.75, 3.05) is 13.2 Å². The fourth-order valence-corrected chi connectivity index (χ4v) is 1.61. The smallest absolute Gasteiger partial charge is 0.251 e. The molecule has 0 fully saturated rings. The van der Waals surface area contributed by atoms with E-state index >= 15 is 0 Å². The van der Waals surface area contributed by atoms with Gasteiger partial charge in [0.2, 0.25) is 0 Å². The van der Waals surface area contributed by atoms with Gasteiger partial charge < -0.3 is 15.8 Å². The van der Waals surface area contributed by atoms with Crippen LogP contribution in [0.3, 0.4) is 0 Å². The molecule has 0 aliphatic rings. The highest BCUT2D eigenvalue weighted by Crippen LogP contribution is 2.13. The van der Waals surface area contributed by atoms with Gasteiger partial charge in [0.05, 0.1) is 6.61 Å². The number of nitrogens with two attached hydrogens (primary N) is 1. The minimum atomic E-state index is -0.101. The number of hydrogen-bond donors (Lipinski definition) is 2. The lowest BCUT2D eigenvalue weighted by molar-refractivity contribution is 0.0941. The van der Waals surface area contributed by atoms with Crippen LogP contribution in [0.1, 0.15) is 43.5 Å². The summed E-state index contributed by atoms with van der Waals surface area (Å²) >= 11 is 0. The maximum Gasteiger partial charge on any atom is 0.251 e. The van der Waals surface area contributed by atoms with E-state index in [-0.39, 0.29) is 24.4 Å². The fourth-order valence-electron chi connectivity index (χ4n) is 1.61. The van der Waals surface area contributed by atoms with Crippen LogP contribution in [-0.4, -0.2) is 25.1 Å². The van der Waals surface area contributed by atoms with Crippen LogP contribution in [0, 0.1) is 0 Å². The molecule has 1 rings (SSSR count). The molecule has 1 aromatic carbocycles. The number of ether oxygens (including phenoxy) is 1. The van der Waals surface area contributed by atoms with E-state index in [1.165, 1.54) is 12.8 Å². The van der Waals surface area contributed by atoms with Gasteiger partial charge in [-0.05, 0) is 37.6 Å². The van der Waals surface area contributed by atoms with Crippen LogP contribution in [0.2, 0.25) is 0 Å². The molecule has 0 saturated heterocycles. The van der Waals surface area contributed by atoms with Crippen LogP contribution in [0.15, 0.2) is 24.3 Å². The molecule has 0 unspecified atom stereocenters. The molecule has 0 saturated carbocycles. The van der Waals surface area contributed by atoms with E-state index in [1.54, 1.807) is 12.1 Å². The maximum atomic E-state index is 11.8. The van der Waals surface area contributed by atoms with Crippen molar-refractivity contribution in [3.63, 3.8) is 0 Å². The summed E-state index contributed by atoms with van der Waals surface area (Å²) in [5, 5.41) is 2.82. The Balaban J connectivity index is 0.00000361. The molecule has 1 atom stereocenters. The number of carbonyl (C=O) groups is 1. The van der Waals surface area contributed by atoms with E-state index in [4.69, 9.17) is 10.5 Å². The highest BCUT2D eigenvalue weighted by molar-refractivity contribution is 5.94. The largest absolute Gasteiger partial charge is 0.494 e. The average Bonchev–Trinajstić information content (AvgIpc) is 2.44. The summed E-state index contributed by atoms with van der Waals surface area (Å²) in [7, 11) is 0. The molecule has 1 aromatic rings. The van der Waals surface area contributed by atoms with Gasteiger partial charge in [-0.1, -0.05) is 19.8 Å². The molecule has 0 heterocycles. The molecule has 0 aliphatic carbocycles. The second kappa shape index (κ2) is 10.5. The lowest BCUT2D eigenvalue weighted by atomic mass is 10.2. The monoisotopic (exact) mass is 300 g/mol. The SMILES string of the molecule is CCCCCOc1ccc(C(=O)N[C@@H](C)CN)cc1.Cl. The number of benzene rings is 1. The first-order valence-electron chi connectivity index (χ1n) is 6.91. The van der Waals surface area contributed by atoms with Crippen molar-refractivity contribution >= 4 is 18.3 Å². The lowest BCUT2D eigenvalue weighted by Crippen LogP contribution is -2.37. The van der Waals surface area contributed by atoms with Crippen molar-refractivity contribution in [2.45, 2.75) is 39.2 Å². The molecule has 0 aliphatic heterocycles. The van der Waals surface area contributed by atoms with E-state index in [2.05, 4.69) is 12.2 Å². The van der Waals surface area contributed by atoms with Gasteiger partial charge in [-0.2, -0.15) is 0 Å². The summed E-state index contributed by atoms with van der Waals surface area (Å²) in [5.74, 6) is 0.704. The molecule has 0 bridgehead atoms. The molecule has 114 valence electrons. The fraction of sp³-hybridized carbons (Fsp3) is 0.533. The Morgan fingerprint density at radius 3 is 2.50 bits per heavy atom. The van der Waals surface area contributed by atoms with Crippen molar-refractivity contribution in [3.05, 3.63) is 29.8 Å². The molecule has 0 aromatic heterocycles. The van der Waals surface area contributed by atoms with Gasteiger partial charge in [0.1, 0.15) is 5.75 Å². The minimum absolute atomic E-state index is 0. The Kier molecular flexibility index (Phi) is 9.86. The van der Waals surface area contributed by atoms with Gasteiger partial charge in [0.15, 0.2) is 0 Å². The van der Waals surface area contributed by atoms with E-state index in [0.29, 0.717) is 12.1 Å². The zero-order valence-corrected chi connectivity index (χ0v) is 13.0. The predicted octanol–water partition coefficient (Wildman–Crippen LogP) is 2.75. The van der Waals surface area contributed by atoms with E-state index in [1.807, 2.05) is 19.1 Å². The summed E-state index contributed by atoms with van der Waals surface area (Å²) in [6.07, 6.45) is 3.42.